The maximum atomic E-state index is 5.77. The molecule has 0 fully saturated rings. The zero-order chi connectivity index (χ0) is 11.0. The van der Waals surface area contributed by atoms with E-state index < -0.39 is 0 Å². The number of rotatable bonds is 1. The first-order valence-corrected chi connectivity index (χ1v) is 4.76. The van der Waals surface area contributed by atoms with Gasteiger partial charge in [-0.2, -0.15) is 4.98 Å². The van der Waals surface area contributed by atoms with Crippen molar-refractivity contribution in [3.05, 3.63) is 29.2 Å². The highest BCUT2D eigenvalue weighted by Crippen LogP contribution is 2.18. The number of imidazole rings is 1. The molecule has 2 N–H and O–H groups in total. The fourth-order valence-corrected chi connectivity index (χ4v) is 1.40. The highest BCUT2D eigenvalue weighted by Gasteiger charge is 2.09. The van der Waals surface area contributed by atoms with Crippen molar-refractivity contribution in [2.24, 2.45) is 0 Å². The van der Waals surface area contributed by atoms with Crippen LogP contribution in [0.5, 0.6) is 0 Å². The predicted molar refractivity (Wildman–Crippen MR) is 58.1 cm³/mol. The molecule has 2 aromatic rings. The molecule has 0 aliphatic carbocycles. The van der Waals surface area contributed by atoms with Crippen LogP contribution < -0.4 is 5.73 Å². The van der Waals surface area contributed by atoms with Crippen LogP contribution in [0.4, 0.5) is 5.69 Å². The van der Waals surface area contributed by atoms with Gasteiger partial charge in [-0.25, -0.2) is 9.97 Å². The van der Waals surface area contributed by atoms with E-state index in [2.05, 4.69) is 15.0 Å². The molecule has 0 saturated heterocycles. The topological polar surface area (TPSA) is 69.6 Å². The summed E-state index contributed by atoms with van der Waals surface area (Å²) in [6.45, 7) is 3.86. The van der Waals surface area contributed by atoms with Crippen LogP contribution in [0.1, 0.15) is 11.4 Å². The number of nitrogens with zero attached hydrogens (tertiary/aromatic N) is 4. The molecule has 2 rings (SSSR count). The van der Waals surface area contributed by atoms with E-state index in [1.165, 1.54) is 6.20 Å². The predicted octanol–water partition coefficient (Wildman–Crippen LogP) is 1.51. The maximum absolute atomic E-state index is 5.77. The third-order valence-electron chi connectivity index (χ3n) is 2.25. The number of aromatic nitrogens is 4. The van der Waals surface area contributed by atoms with E-state index >= 15 is 0 Å². The molecule has 5 nitrogen and oxygen atoms in total. The summed E-state index contributed by atoms with van der Waals surface area (Å²) in [4.78, 5) is 12.0. The van der Waals surface area contributed by atoms with E-state index in [1.54, 1.807) is 10.9 Å². The van der Waals surface area contributed by atoms with Gasteiger partial charge in [-0.3, -0.25) is 4.57 Å². The van der Waals surface area contributed by atoms with Gasteiger partial charge in [0.25, 0.3) is 0 Å². The van der Waals surface area contributed by atoms with Crippen LogP contribution in [-0.2, 0) is 0 Å². The molecule has 78 valence electrons. The van der Waals surface area contributed by atoms with Gasteiger partial charge < -0.3 is 5.73 Å². The standard InChI is InChI=1S/C9H10ClN5/c1-5-6(2)15(4-13-5)8-7(11)3-12-9(10)14-8/h3-4H,11H2,1-2H3. The molecule has 15 heavy (non-hydrogen) atoms. The second-order valence-electron chi connectivity index (χ2n) is 3.20. The van der Waals surface area contributed by atoms with Crippen molar-refractivity contribution in [1.29, 1.82) is 0 Å². The van der Waals surface area contributed by atoms with Crippen LogP contribution in [0, 0.1) is 13.8 Å². The molecule has 0 aliphatic rings. The van der Waals surface area contributed by atoms with Crippen molar-refractivity contribution < 1.29 is 0 Å². The fourth-order valence-electron chi connectivity index (χ4n) is 1.27. The normalized spacial score (nSPS) is 10.6. The summed E-state index contributed by atoms with van der Waals surface area (Å²) >= 11 is 5.71. The lowest BCUT2D eigenvalue weighted by atomic mass is 10.3. The van der Waals surface area contributed by atoms with Gasteiger partial charge in [-0.1, -0.05) is 0 Å². The first-order valence-electron chi connectivity index (χ1n) is 4.38. The molecular weight excluding hydrogens is 214 g/mol. The van der Waals surface area contributed by atoms with Gasteiger partial charge in [0.15, 0.2) is 5.82 Å². The molecule has 0 atom stereocenters. The van der Waals surface area contributed by atoms with E-state index in [9.17, 15) is 0 Å². The van der Waals surface area contributed by atoms with Gasteiger partial charge in [0.05, 0.1) is 17.6 Å². The molecule has 6 heteroatoms. The van der Waals surface area contributed by atoms with Crippen molar-refractivity contribution in [3.63, 3.8) is 0 Å². The van der Waals surface area contributed by atoms with E-state index in [-0.39, 0.29) is 5.28 Å². The van der Waals surface area contributed by atoms with E-state index in [0.717, 1.165) is 11.4 Å². The molecule has 0 radical (unpaired) electrons. The summed E-state index contributed by atoms with van der Waals surface area (Å²) in [5, 5.41) is 0.171. The second kappa shape index (κ2) is 3.51. The van der Waals surface area contributed by atoms with E-state index in [1.807, 2.05) is 13.8 Å². The third kappa shape index (κ3) is 1.66. The van der Waals surface area contributed by atoms with E-state index in [0.29, 0.717) is 11.5 Å². The van der Waals surface area contributed by atoms with Crippen LogP contribution in [0.3, 0.4) is 0 Å². The zero-order valence-corrected chi connectivity index (χ0v) is 9.15. The number of nitrogens with two attached hydrogens (primary N) is 1. The number of hydrogen-bond acceptors (Lipinski definition) is 4. The molecule has 0 amide bonds. The summed E-state index contributed by atoms with van der Waals surface area (Å²) in [5.74, 6) is 0.563. The second-order valence-corrected chi connectivity index (χ2v) is 3.54. The van der Waals surface area contributed by atoms with Crippen LogP contribution in [0.2, 0.25) is 5.28 Å². The Kier molecular flexibility index (Phi) is 2.32. The molecule has 0 aliphatic heterocycles. The maximum Gasteiger partial charge on any atom is 0.224 e. The minimum atomic E-state index is 0.171. The average molecular weight is 224 g/mol. The molecule has 0 aromatic carbocycles. The van der Waals surface area contributed by atoms with E-state index in [4.69, 9.17) is 17.3 Å². The Balaban J connectivity index is 2.63. The lowest BCUT2D eigenvalue weighted by molar-refractivity contribution is 0.939. The largest absolute Gasteiger partial charge is 0.394 e. The van der Waals surface area contributed by atoms with Gasteiger partial charge >= 0.3 is 0 Å². The number of nitrogen functional groups attached to an aromatic ring is 1. The Labute approximate surface area is 91.9 Å². The number of aryl methyl sites for hydroxylation is 1. The molecule has 2 heterocycles. The summed E-state index contributed by atoms with van der Waals surface area (Å²) in [6, 6.07) is 0. The van der Waals surface area contributed by atoms with Crippen LogP contribution in [0.25, 0.3) is 5.82 Å². The van der Waals surface area contributed by atoms with Crippen LogP contribution in [0.15, 0.2) is 12.5 Å². The highest BCUT2D eigenvalue weighted by atomic mass is 35.5. The minimum absolute atomic E-state index is 0.171. The Morgan fingerprint density at radius 2 is 2.07 bits per heavy atom. The van der Waals surface area contributed by atoms with Crippen molar-refractivity contribution >= 4 is 17.3 Å². The van der Waals surface area contributed by atoms with Crippen molar-refractivity contribution in [1.82, 2.24) is 19.5 Å². The first kappa shape index (κ1) is 9.92. The van der Waals surface area contributed by atoms with Gasteiger partial charge in [-0.05, 0) is 25.4 Å². The summed E-state index contributed by atoms with van der Waals surface area (Å²) in [5.41, 5.74) is 8.16. The number of hydrogen-bond donors (Lipinski definition) is 1. The minimum Gasteiger partial charge on any atom is -0.394 e. The quantitative estimate of drug-likeness (QED) is 0.745. The number of anilines is 1. The van der Waals surface area contributed by atoms with Crippen molar-refractivity contribution in [2.75, 3.05) is 5.73 Å². The van der Waals surface area contributed by atoms with Gasteiger partial charge in [0.1, 0.15) is 6.33 Å². The molecule has 0 unspecified atom stereocenters. The van der Waals surface area contributed by atoms with Crippen molar-refractivity contribution in [2.45, 2.75) is 13.8 Å². The lowest BCUT2D eigenvalue weighted by Gasteiger charge is -2.06. The summed E-state index contributed by atoms with van der Waals surface area (Å²) in [7, 11) is 0. The summed E-state index contributed by atoms with van der Waals surface area (Å²) < 4.78 is 1.79. The monoisotopic (exact) mass is 223 g/mol. The Hall–Kier alpha value is -1.62. The van der Waals surface area contributed by atoms with Gasteiger partial charge in [0.2, 0.25) is 5.28 Å². The molecule has 2 aromatic heterocycles. The third-order valence-corrected chi connectivity index (χ3v) is 2.43. The fraction of sp³-hybridized carbons (Fsp3) is 0.222. The average Bonchev–Trinajstić information content (AvgIpc) is 2.52. The molecule has 0 saturated carbocycles. The zero-order valence-electron chi connectivity index (χ0n) is 8.40. The van der Waals surface area contributed by atoms with Gasteiger partial charge in [-0.15, -0.1) is 0 Å². The SMILES string of the molecule is Cc1ncn(-c2nc(Cl)ncc2N)c1C. The first-order chi connectivity index (χ1) is 7.09. The molecular formula is C9H10ClN5. The van der Waals surface area contributed by atoms with Crippen LogP contribution in [-0.4, -0.2) is 19.5 Å². The molecule has 0 spiro atoms. The number of halogens is 1. The lowest BCUT2D eigenvalue weighted by Crippen LogP contribution is -2.04. The Morgan fingerprint density at radius 3 is 2.67 bits per heavy atom. The highest BCUT2D eigenvalue weighted by molar-refractivity contribution is 6.28. The Morgan fingerprint density at radius 1 is 1.33 bits per heavy atom. The smallest absolute Gasteiger partial charge is 0.224 e. The Bertz CT molecular complexity index is 505. The van der Waals surface area contributed by atoms with Crippen molar-refractivity contribution in [3.8, 4) is 5.82 Å². The van der Waals surface area contributed by atoms with Crippen LogP contribution >= 0.6 is 11.6 Å². The van der Waals surface area contributed by atoms with Gasteiger partial charge in [0, 0.05) is 5.69 Å². The summed E-state index contributed by atoms with van der Waals surface area (Å²) in [6.07, 6.45) is 3.15. The molecule has 0 bridgehead atoms.